The van der Waals surface area contributed by atoms with Crippen molar-refractivity contribution in [1.82, 2.24) is 9.80 Å². The average Bonchev–Trinajstić information content (AvgIpc) is 3.02. The Labute approximate surface area is 149 Å². The third kappa shape index (κ3) is 4.40. The highest BCUT2D eigenvalue weighted by Gasteiger charge is 2.30. The van der Waals surface area contributed by atoms with Crippen LogP contribution in [0.3, 0.4) is 0 Å². The monoisotopic (exact) mass is 344 g/mol. The van der Waals surface area contributed by atoms with Crippen molar-refractivity contribution in [3.8, 4) is 0 Å². The van der Waals surface area contributed by atoms with Gasteiger partial charge in [0.1, 0.15) is 6.10 Å². The Kier molecular flexibility index (Phi) is 5.74. The normalized spacial score (nSPS) is 21.3. The number of nitrogens with zero attached hydrogens (tertiary/aromatic N) is 2. The van der Waals surface area contributed by atoms with Crippen molar-refractivity contribution in [3.63, 3.8) is 0 Å². The quantitative estimate of drug-likeness (QED) is 0.844. The first-order valence-corrected chi connectivity index (χ1v) is 9.29. The Bertz CT molecular complexity index is 638. The molecule has 0 radical (unpaired) electrons. The summed E-state index contributed by atoms with van der Waals surface area (Å²) in [5.74, 6) is 0.251. The molecule has 2 aliphatic rings. The summed E-state index contributed by atoms with van der Waals surface area (Å²) in [6.45, 7) is 7.44. The van der Waals surface area contributed by atoms with Crippen LogP contribution < -0.4 is 0 Å². The summed E-state index contributed by atoms with van der Waals surface area (Å²) in [7, 11) is 0. The largest absolute Gasteiger partial charge is 0.368 e. The maximum Gasteiger partial charge on any atom is 0.251 e. The SMILES string of the molecule is Cc1ccc(C)c(CC(=O)N2CCCN(C(=O)C3CCCO3)CC2)c1. The van der Waals surface area contributed by atoms with Gasteiger partial charge in [0.15, 0.2) is 0 Å². The molecule has 1 unspecified atom stereocenters. The highest BCUT2D eigenvalue weighted by Crippen LogP contribution is 2.17. The number of amides is 2. The molecule has 0 bridgehead atoms. The zero-order chi connectivity index (χ0) is 17.8. The number of carbonyl (C=O) groups is 2. The van der Waals surface area contributed by atoms with E-state index in [0.717, 1.165) is 36.9 Å². The first-order chi connectivity index (χ1) is 12.0. The molecule has 1 aromatic carbocycles. The minimum Gasteiger partial charge on any atom is -0.368 e. The maximum absolute atomic E-state index is 12.7. The third-order valence-corrected chi connectivity index (χ3v) is 5.21. The zero-order valence-corrected chi connectivity index (χ0v) is 15.3. The summed E-state index contributed by atoms with van der Waals surface area (Å²) in [5.41, 5.74) is 3.43. The molecule has 136 valence electrons. The fourth-order valence-electron chi connectivity index (χ4n) is 3.63. The number of aryl methyl sites for hydroxylation is 2. The molecular formula is C20H28N2O3. The van der Waals surface area contributed by atoms with E-state index >= 15 is 0 Å². The van der Waals surface area contributed by atoms with Gasteiger partial charge >= 0.3 is 0 Å². The van der Waals surface area contributed by atoms with Crippen LogP contribution in [0.5, 0.6) is 0 Å². The van der Waals surface area contributed by atoms with Gasteiger partial charge in [-0.05, 0) is 44.2 Å². The van der Waals surface area contributed by atoms with Crippen molar-refractivity contribution in [2.75, 3.05) is 32.8 Å². The number of hydrogen-bond acceptors (Lipinski definition) is 3. The van der Waals surface area contributed by atoms with E-state index in [1.165, 1.54) is 5.56 Å². The molecule has 2 saturated heterocycles. The number of carbonyl (C=O) groups excluding carboxylic acids is 2. The van der Waals surface area contributed by atoms with Crippen LogP contribution in [0.15, 0.2) is 18.2 Å². The van der Waals surface area contributed by atoms with Crippen molar-refractivity contribution in [1.29, 1.82) is 0 Å². The van der Waals surface area contributed by atoms with E-state index in [0.29, 0.717) is 32.7 Å². The van der Waals surface area contributed by atoms with E-state index < -0.39 is 0 Å². The Morgan fingerprint density at radius 2 is 1.84 bits per heavy atom. The molecule has 2 fully saturated rings. The molecule has 3 rings (SSSR count). The lowest BCUT2D eigenvalue weighted by Gasteiger charge is -2.24. The summed E-state index contributed by atoms with van der Waals surface area (Å²) in [6, 6.07) is 6.24. The van der Waals surface area contributed by atoms with Crippen LogP contribution in [-0.2, 0) is 20.7 Å². The molecule has 0 aliphatic carbocycles. The van der Waals surface area contributed by atoms with Crippen molar-refractivity contribution < 1.29 is 14.3 Å². The van der Waals surface area contributed by atoms with Crippen LogP contribution in [0.25, 0.3) is 0 Å². The second-order valence-corrected chi connectivity index (χ2v) is 7.17. The minimum absolute atomic E-state index is 0.0985. The van der Waals surface area contributed by atoms with Gasteiger partial charge in [-0.15, -0.1) is 0 Å². The fraction of sp³-hybridized carbons (Fsp3) is 0.600. The summed E-state index contributed by atoms with van der Waals surface area (Å²) in [6.07, 6.45) is 2.79. The zero-order valence-electron chi connectivity index (χ0n) is 15.3. The van der Waals surface area contributed by atoms with Crippen molar-refractivity contribution in [2.24, 2.45) is 0 Å². The van der Waals surface area contributed by atoms with Gasteiger partial charge in [-0.3, -0.25) is 9.59 Å². The van der Waals surface area contributed by atoms with Crippen molar-refractivity contribution in [3.05, 3.63) is 34.9 Å². The molecular weight excluding hydrogens is 316 g/mol. The van der Waals surface area contributed by atoms with E-state index in [1.807, 2.05) is 23.6 Å². The Morgan fingerprint density at radius 3 is 2.60 bits per heavy atom. The number of benzene rings is 1. The first kappa shape index (κ1) is 17.9. The molecule has 2 amide bonds. The summed E-state index contributed by atoms with van der Waals surface area (Å²) < 4.78 is 5.51. The van der Waals surface area contributed by atoms with Gasteiger partial charge in [0, 0.05) is 32.8 Å². The second kappa shape index (κ2) is 8.00. The lowest BCUT2D eigenvalue weighted by Crippen LogP contribution is -2.42. The predicted molar refractivity (Wildman–Crippen MR) is 96.4 cm³/mol. The van der Waals surface area contributed by atoms with Crippen LogP contribution in [0.1, 0.15) is 36.0 Å². The molecule has 1 atom stereocenters. The predicted octanol–water partition coefficient (Wildman–Crippen LogP) is 2.09. The average molecular weight is 344 g/mol. The maximum atomic E-state index is 12.7. The van der Waals surface area contributed by atoms with Gasteiger partial charge in [-0.2, -0.15) is 0 Å². The summed E-state index contributed by atoms with van der Waals surface area (Å²) >= 11 is 0. The van der Waals surface area contributed by atoms with Gasteiger partial charge in [-0.1, -0.05) is 23.8 Å². The lowest BCUT2D eigenvalue weighted by molar-refractivity contribution is -0.141. The Hall–Kier alpha value is -1.88. The van der Waals surface area contributed by atoms with E-state index in [9.17, 15) is 9.59 Å². The highest BCUT2D eigenvalue weighted by atomic mass is 16.5. The van der Waals surface area contributed by atoms with E-state index in [1.54, 1.807) is 0 Å². The van der Waals surface area contributed by atoms with Crippen LogP contribution in [0, 0.1) is 13.8 Å². The summed E-state index contributed by atoms with van der Waals surface area (Å²) in [4.78, 5) is 29.0. The summed E-state index contributed by atoms with van der Waals surface area (Å²) in [5, 5.41) is 0. The van der Waals surface area contributed by atoms with Crippen molar-refractivity contribution >= 4 is 11.8 Å². The van der Waals surface area contributed by atoms with Gasteiger partial charge < -0.3 is 14.5 Å². The van der Waals surface area contributed by atoms with Crippen LogP contribution in [-0.4, -0.2) is 60.5 Å². The second-order valence-electron chi connectivity index (χ2n) is 7.17. The van der Waals surface area contributed by atoms with Crippen LogP contribution in [0.2, 0.25) is 0 Å². The molecule has 25 heavy (non-hydrogen) atoms. The molecule has 0 saturated carbocycles. The van der Waals surface area contributed by atoms with E-state index in [2.05, 4.69) is 18.2 Å². The Balaban J connectivity index is 1.57. The number of ether oxygens (including phenoxy) is 1. The Morgan fingerprint density at radius 1 is 1.08 bits per heavy atom. The van der Waals surface area contributed by atoms with E-state index in [-0.39, 0.29) is 17.9 Å². The van der Waals surface area contributed by atoms with Crippen LogP contribution in [0.4, 0.5) is 0 Å². The number of rotatable bonds is 3. The molecule has 0 spiro atoms. The molecule has 2 heterocycles. The lowest BCUT2D eigenvalue weighted by atomic mass is 10.0. The van der Waals surface area contributed by atoms with Gasteiger partial charge in [0.25, 0.3) is 5.91 Å². The fourth-order valence-corrected chi connectivity index (χ4v) is 3.63. The molecule has 0 aromatic heterocycles. The smallest absolute Gasteiger partial charge is 0.251 e. The third-order valence-electron chi connectivity index (χ3n) is 5.21. The van der Waals surface area contributed by atoms with Crippen molar-refractivity contribution in [2.45, 2.75) is 45.6 Å². The van der Waals surface area contributed by atoms with Gasteiger partial charge in [0.05, 0.1) is 6.42 Å². The molecule has 1 aromatic rings. The number of hydrogen-bond donors (Lipinski definition) is 0. The van der Waals surface area contributed by atoms with Gasteiger partial charge in [-0.25, -0.2) is 0 Å². The first-order valence-electron chi connectivity index (χ1n) is 9.29. The minimum atomic E-state index is -0.266. The molecule has 0 N–H and O–H groups in total. The standard InChI is InChI=1S/C20H28N2O3/c1-15-6-7-16(2)17(13-15)14-19(23)21-8-4-9-22(11-10-21)20(24)18-5-3-12-25-18/h6-7,13,18H,3-5,8-12,14H2,1-2H3. The van der Waals surface area contributed by atoms with Crippen LogP contribution >= 0.6 is 0 Å². The molecule has 2 aliphatic heterocycles. The van der Waals surface area contributed by atoms with E-state index in [4.69, 9.17) is 4.74 Å². The molecule has 5 nitrogen and oxygen atoms in total. The topological polar surface area (TPSA) is 49.9 Å². The molecule has 5 heteroatoms. The highest BCUT2D eigenvalue weighted by molar-refractivity contribution is 5.82. The van der Waals surface area contributed by atoms with Gasteiger partial charge in [0.2, 0.25) is 5.91 Å².